The fourth-order valence-corrected chi connectivity index (χ4v) is 2.42. The number of nitrogens with one attached hydrogen (secondary N) is 1. The van der Waals surface area contributed by atoms with E-state index >= 15 is 0 Å². The molecule has 1 N–H and O–H groups in total. The monoisotopic (exact) mass is 197 g/mol. The van der Waals surface area contributed by atoms with E-state index in [-0.39, 0.29) is 0 Å². The van der Waals surface area contributed by atoms with Crippen LogP contribution in [0.25, 0.3) is 0 Å². The lowest BCUT2D eigenvalue weighted by Crippen LogP contribution is -2.45. The summed E-state index contributed by atoms with van der Waals surface area (Å²) in [5, 5.41) is 3.74. The summed E-state index contributed by atoms with van der Waals surface area (Å²) in [4.78, 5) is 0. The first-order valence-corrected chi connectivity index (χ1v) is 6.11. The summed E-state index contributed by atoms with van der Waals surface area (Å²) < 4.78 is 0. The summed E-state index contributed by atoms with van der Waals surface area (Å²) in [7, 11) is 0. The molecule has 0 radical (unpaired) electrons. The smallest absolute Gasteiger partial charge is 0.0205 e. The maximum atomic E-state index is 3.74. The normalized spacial score (nSPS) is 28.7. The Morgan fingerprint density at radius 1 is 1.29 bits per heavy atom. The van der Waals surface area contributed by atoms with Gasteiger partial charge in [-0.15, -0.1) is 0 Å². The quantitative estimate of drug-likeness (QED) is 0.729. The van der Waals surface area contributed by atoms with E-state index in [1.165, 1.54) is 32.2 Å². The van der Waals surface area contributed by atoms with Crippen molar-refractivity contribution in [2.75, 3.05) is 6.54 Å². The van der Waals surface area contributed by atoms with Crippen LogP contribution in [-0.2, 0) is 0 Å². The minimum absolute atomic E-state index is 0.452. The highest BCUT2D eigenvalue weighted by Gasteiger charge is 2.36. The average Bonchev–Trinajstić information content (AvgIpc) is 2.48. The van der Waals surface area contributed by atoms with Crippen molar-refractivity contribution >= 4 is 0 Å². The highest BCUT2D eigenvalue weighted by Crippen LogP contribution is 2.35. The second-order valence-corrected chi connectivity index (χ2v) is 6.40. The van der Waals surface area contributed by atoms with Gasteiger partial charge in [-0.3, -0.25) is 0 Å². The zero-order chi connectivity index (χ0) is 10.8. The zero-order valence-corrected chi connectivity index (χ0v) is 10.6. The molecular formula is C13H27N. The first kappa shape index (κ1) is 12.0. The molecular weight excluding hydrogens is 170 g/mol. The van der Waals surface area contributed by atoms with Crippen molar-refractivity contribution in [2.45, 2.75) is 65.8 Å². The van der Waals surface area contributed by atoms with Crippen LogP contribution < -0.4 is 5.32 Å². The number of rotatable bonds is 3. The van der Waals surface area contributed by atoms with E-state index in [0.717, 1.165) is 5.92 Å². The predicted octanol–water partition coefficient (Wildman–Crippen LogP) is 3.59. The largest absolute Gasteiger partial charge is 0.311 e. The Labute approximate surface area is 89.7 Å². The molecule has 1 atom stereocenters. The molecule has 0 amide bonds. The van der Waals surface area contributed by atoms with E-state index in [2.05, 4.69) is 39.9 Å². The molecule has 1 fully saturated rings. The molecule has 1 heterocycles. The molecule has 1 aliphatic rings. The number of hydrogen-bond acceptors (Lipinski definition) is 1. The minimum atomic E-state index is 0.452. The van der Waals surface area contributed by atoms with Gasteiger partial charge in [0.05, 0.1) is 0 Å². The highest BCUT2D eigenvalue weighted by molar-refractivity contribution is 4.95. The molecule has 1 unspecified atom stereocenters. The van der Waals surface area contributed by atoms with E-state index in [4.69, 9.17) is 0 Å². The van der Waals surface area contributed by atoms with Crippen molar-refractivity contribution in [1.29, 1.82) is 0 Å². The molecule has 14 heavy (non-hydrogen) atoms. The predicted molar refractivity (Wildman–Crippen MR) is 63.5 cm³/mol. The summed E-state index contributed by atoms with van der Waals surface area (Å²) in [6.07, 6.45) is 5.41. The van der Waals surface area contributed by atoms with Crippen LogP contribution in [0.1, 0.15) is 60.3 Å². The van der Waals surface area contributed by atoms with Crippen molar-refractivity contribution in [3.63, 3.8) is 0 Å². The Morgan fingerprint density at radius 3 is 2.29 bits per heavy atom. The standard InChI is InChI=1S/C13H27N/c1-11(2)13(7-6-10-14-13)9-8-12(3,4)5/h11,14H,6-10H2,1-5H3. The molecule has 84 valence electrons. The van der Waals surface area contributed by atoms with Gasteiger partial charge in [-0.05, 0) is 43.6 Å². The Morgan fingerprint density at radius 2 is 1.93 bits per heavy atom. The van der Waals surface area contributed by atoms with Crippen LogP contribution in [0.5, 0.6) is 0 Å². The Hall–Kier alpha value is -0.0400. The number of hydrogen-bond donors (Lipinski definition) is 1. The van der Waals surface area contributed by atoms with Crippen molar-refractivity contribution in [2.24, 2.45) is 11.3 Å². The summed E-state index contributed by atoms with van der Waals surface area (Å²) in [6.45, 7) is 13.0. The fraction of sp³-hybridized carbons (Fsp3) is 1.00. The maximum absolute atomic E-state index is 3.74. The molecule has 0 aliphatic carbocycles. The molecule has 1 aliphatic heterocycles. The molecule has 1 nitrogen and oxygen atoms in total. The van der Waals surface area contributed by atoms with Crippen LogP contribution in [0.3, 0.4) is 0 Å². The van der Waals surface area contributed by atoms with Gasteiger partial charge in [0.25, 0.3) is 0 Å². The molecule has 0 bridgehead atoms. The second kappa shape index (κ2) is 4.22. The van der Waals surface area contributed by atoms with Crippen molar-refractivity contribution in [3.8, 4) is 0 Å². The van der Waals surface area contributed by atoms with E-state index in [1.54, 1.807) is 0 Å². The lowest BCUT2D eigenvalue weighted by atomic mass is 9.76. The topological polar surface area (TPSA) is 12.0 Å². The van der Waals surface area contributed by atoms with E-state index in [1.807, 2.05) is 0 Å². The molecule has 0 spiro atoms. The second-order valence-electron chi connectivity index (χ2n) is 6.40. The van der Waals surface area contributed by atoms with Gasteiger partial charge >= 0.3 is 0 Å². The van der Waals surface area contributed by atoms with Gasteiger partial charge in [0, 0.05) is 5.54 Å². The lowest BCUT2D eigenvalue weighted by Gasteiger charge is -2.36. The van der Waals surface area contributed by atoms with Crippen molar-refractivity contribution < 1.29 is 0 Å². The van der Waals surface area contributed by atoms with Gasteiger partial charge in [-0.25, -0.2) is 0 Å². The van der Waals surface area contributed by atoms with Gasteiger partial charge in [0.2, 0.25) is 0 Å². The zero-order valence-electron chi connectivity index (χ0n) is 10.6. The molecule has 0 saturated carbocycles. The molecule has 0 aromatic carbocycles. The SMILES string of the molecule is CC(C)C1(CCC(C)(C)C)CCCN1. The summed E-state index contributed by atoms with van der Waals surface area (Å²) >= 11 is 0. The molecule has 0 aromatic heterocycles. The Balaban J connectivity index is 2.53. The van der Waals surface area contributed by atoms with Gasteiger partial charge < -0.3 is 5.32 Å². The van der Waals surface area contributed by atoms with Crippen LogP contribution in [0.4, 0.5) is 0 Å². The van der Waals surface area contributed by atoms with Crippen LogP contribution in [0, 0.1) is 11.3 Å². The van der Waals surface area contributed by atoms with Crippen LogP contribution in [0.15, 0.2) is 0 Å². The van der Waals surface area contributed by atoms with Crippen LogP contribution in [-0.4, -0.2) is 12.1 Å². The first-order chi connectivity index (χ1) is 6.36. The third kappa shape index (κ3) is 2.98. The van der Waals surface area contributed by atoms with Gasteiger partial charge in [0.15, 0.2) is 0 Å². The fourth-order valence-electron chi connectivity index (χ4n) is 2.42. The maximum Gasteiger partial charge on any atom is 0.0205 e. The summed E-state index contributed by atoms with van der Waals surface area (Å²) in [6, 6.07) is 0. The molecule has 1 saturated heterocycles. The van der Waals surface area contributed by atoms with Crippen LogP contribution >= 0.6 is 0 Å². The van der Waals surface area contributed by atoms with Crippen LogP contribution in [0.2, 0.25) is 0 Å². The van der Waals surface area contributed by atoms with Gasteiger partial charge in [0.1, 0.15) is 0 Å². The minimum Gasteiger partial charge on any atom is -0.311 e. The van der Waals surface area contributed by atoms with Crippen molar-refractivity contribution in [3.05, 3.63) is 0 Å². The molecule has 1 heteroatoms. The first-order valence-electron chi connectivity index (χ1n) is 6.11. The third-order valence-corrected chi connectivity index (χ3v) is 3.70. The molecule has 1 rings (SSSR count). The molecule has 0 aromatic rings. The summed E-state index contributed by atoms with van der Waals surface area (Å²) in [5.41, 5.74) is 0.930. The third-order valence-electron chi connectivity index (χ3n) is 3.70. The van der Waals surface area contributed by atoms with Gasteiger partial charge in [-0.2, -0.15) is 0 Å². The van der Waals surface area contributed by atoms with E-state index in [0.29, 0.717) is 11.0 Å². The average molecular weight is 197 g/mol. The lowest BCUT2D eigenvalue weighted by molar-refractivity contribution is 0.211. The summed E-state index contributed by atoms with van der Waals surface area (Å²) in [5.74, 6) is 0.771. The Kier molecular flexibility index (Phi) is 3.63. The van der Waals surface area contributed by atoms with Gasteiger partial charge in [-0.1, -0.05) is 34.6 Å². The highest BCUT2D eigenvalue weighted by atomic mass is 15.0. The van der Waals surface area contributed by atoms with E-state index < -0.39 is 0 Å². The Bertz CT molecular complexity index is 170. The van der Waals surface area contributed by atoms with Crippen molar-refractivity contribution in [1.82, 2.24) is 5.32 Å². The van der Waals surface area contributed by atoms with E-state index in [9.17, 15) is 0 Å².